The van der Waals surface area contributed by atoms with E-state index in [9.17, 15) is 0 Å². The number of benzene rings is 1. The molecular weight excluding hydrogens is 242 g/mol. The topological polar surface area (TPSA) is 39.7 Å². The zero-order chi connectivity index (χ0) is 14.0. The zero-order valence-electron chi connectivity index (χ0n) is 12.4. The highest BCUT2D eigenvalue weighted by Crippen LogP contribution is 2.45. The maximum Gasteiger partial charge on any atom is 0.164 e. The first-order valence-corrected chi connectivity index (χ1v) is 6.69. The van der Waals surface area contributed by atoms with Crippen molar-refractivity contribution in [3.05, 3.63) is 17.7 Å². The van der Waals surface area contributed by atoms with Crippen LogP contribution in [0.5, 0.6) is 17.2 Å². The fourth-order valence-electron chi connectivity index (χ4n) is 2.56. The lowest BCUT2D eigenvalue weighted by molar-refractivity contribution is 0.0450. The van der Waals surface area contributed by atoms with Crippen molar-refractivity contribution in [3.63, 3.8) is 0 Å². The van der Waals surface area contributed by atoms with Crippen LogP contribution in [0.25, 0.3) is 0 Å². The molecule has 0 spiro atoms. The molecule has 1 aromatic carbocycles. The summed E-state index contributed by atoms with van der Waals surface area (Å²) in [6.07, 6.45) is 1.92. The van der Waals surface area contributed by atoms with Crippen LogP contribution in [0.15, 0.2) is 12.1 Å². The molecule has 19 heavy (non-hydrogen) atoms. The number of hydrogen-bond donors (Lipinski definition) is 1. The molecular formula is C15H23NO3. The lowest BCUT2D eigenvalue weighted by Gasteiger charge is -2.39. The van der Waals surface area contributed by atoms with Crippen LogP contribution in [0.1, 0.15) is 38.3 Å². The molecule has 2 rings (SSSR count). The summed E-state index contributed by atoms with van der Waals surface area (Å²) in [6.45, 7) is 4.30. The highest BCUT2D eigenvalue weighted by Gasteiger charge is 2.36. The van der Waals surface area contributed by atoms with Gasteiger partial charge in [0.1, 0.15) is 11.4 Å². The van der Waals surface area contributed by atoms with E-state index in [1.807, 2.05) is 19.2 Å². The molecule has 0 bridgehead atoms. The SMILES string of the molecule is CCC1(C)CC(NC)c2cc(OC)c(OC)cc2O1. The minimum absolute atomic E-state index is 0.139. The monoisotopic (exact) mass is 265 g/mol. The molecule has 0 aromatic heterocycles. The summed E-state index contributed by atoms with van der Waals surface area (Å²) in [5, 5.41) is 3.36. The normalized spacial score (nSPS) is 25.4. The predicted molar refractivity (Wildman–Crippen MR) is 75.3 cm³/mol. The summed E-state index contributed by atoms with van der Waals surface area (Å²) in [7, 11) is 5.27. The number of nitrogens with one attached hydrogen (secondary N) is 1. The molecule has 4 nitrogen and oxygen atoms in total. The molecule has 2 atom stereocenters. The van der Waals surface area contributed by atoms with Gasteiger partial charge in [0.15, 0.2) is 11.5 Å². The largest absolute Gasteiger partial charge is 0.493 e. The summed E-state index contributed by atoms with van der Waals surface area (Å²) < 4.78 is 16.9. The maximum atomic E-state index is 6.17. The van der Waals surface area contributed by atoms with Crippen molar-refractivity contribution in [1.29, 1.82) is 0 Å². The van der Waals surface area contributed by atoms with Gasteiger partial charge in [-0.05, 0) is 26.5 Å². The van der Waals surface area contributed by atoms with Crippen LogP contribution in [0.4, 0.5) is 0 Å². The number of rotatable bonds is 4. The average Bonchev–Trinajstić information content (AvgIpc) is 2.44. The Hall–Kier alpha value is -1.42. The summed E-state index contributed by atoms with van der Waals surface area (Å²) in [4.78, 5) is 0. The standard InChI is InChI=1S/C15H23NO3/c1-6-15(2)9-11(16-3)10-7-13(17-4)14(18-5)8-12(10)19-15/h7-8,11,16H,6,9H2,1-5H3. The third-order valence-electron chi connectivity index (χ3n) is 3.98. The van der Waals surface area contributed by atoms with Crippen molar-refractivity contribution in [2.45, 2.75) is 38.3 Å². The molecule has 1 aliphatic heterocycles. The van der Waals surface area contributed by atoms with Crippen molar-refractivity contribution in [1.82, 2.24) is 5.32 Å². The average molecular weight is 265 g/mol. The van der Waals surface area contributed by atoms with Crippen LogP contribution in [-0.4, -0.2) is 26.9 Å². The quantitative estimate of drug-likeness (QED) is 0.908. The van der Waals surface area contributed by atoms with Crippen molar-refractivity contribution in [3.8, 4) is 17.2 Å². The molecule has 1 N–H and O–H groups in total. The first kappa shape index (κ1) is 14.0. The molecule has 0 saturated heterocycles. The Labute approximate surface area is 115 Å². The Kier molecular flexibility index (Phi) is 3.90. The number of methoxy groups -OCH3 is 2. The molecule has 0 radical (unpaired) electrons. The van der Waals surface area contributed by atoms with E-state index in [1.165, 1.54) is 0 Å². The molecule has 0 aliphatic carbocycles. The Morgan fingerprint density at radius 3 is 2.47 bits per heavy atom. The fourth-order valence-corrected chi connectivity index (χ4v) is 2.56. The first-order chi connectivity index (χ1) is 9.06. The second-order valence-corrected chi connectivity index (χ2v) is 5.20. The second kappa shape index (κ2) is 5.29. The Balaban J connectivity index is 2.49. The van der Waals surface area contributed by atoms with Crippen LogP contribution in [0.2, 0.25) is 0 Å². The second-order valence-electron chi connectivity index (χ2n) is 5.20. The van der Waals surface area contributed by atoms with Gasteiger partial charge in [-0.25, -0.2) is 0 Å². The number of hydrogen-bond acceptors (Lipinski definition) is 4. The Bertz CT molecular complexity index is 461. The van der Waals surface area contributed by atoms with E-state index in [4.69, 9.17) is 14.2 Å². The smallest absolute Gasteiger partial charge is 0.164 e. The lowest BCUT2D eigenvalue weighted by Crippen LogP contribution is -2.40. The Morgan fingerprint density at radius 2 is 1.95 bits per heavy atom. The van der Waals surface area contributed by atoms with Crippen LogP contribution < -0.4 is 19.5 Å². The van der Waals surface area contributed by atoms with Crippen LogP contribution in [0, 0.1) is 0 Å². The van der Waals surface area contributed by atoms with Crippen LogP contribution >= 0.6 is 0 Å². The third kappa shape index (κ3) is 2.50. The van der Waals surface area contributed by atoms with Crippen molar-refractivity contribution in [2.75, 3.05) is 21.3 Å². The van der Waals surface area contributed by atoms with Gasteiger partial charge in [-0.1, -0.05) is 6.92 Å². The van der Waals surface area contributed by atoms with Gasteiger partial charge in [-0.2, -0.15) is 0 Å². The van der Waals surface area contributed by atoms with Gasteiger partial charge in [-0.3, -0.25) is 0 Å². The maximum absolute atomic E-state index is 6.17. The third-order valence-corrected chi connectivity index (χ3v) is 3.98. The summed E-state index contributed by atoms with van der Waals surface area (Å²) in [5.74, 6) is 2.33. The van der Waals surface area contributed by atoms with E-state index in [0.29, 0.717) is 5.75 Å². The van der Waals surface area contributed by atoms with Crippen molar-refractivity contribution >= 4 is 0 Å². The number of ether oxygens (including phenoxy) is 3. The van der Waals surface area contributed by atoms with Gasteiger partial charge >= 0.3 is 0 Å². The van der Waals surface area contributed by atoms with Gasteiger partial charge < -0.3 is 19.5 Å². The zero-order valence-corrected chi connectivity index (χ0v) is 12.4. The van der Waals surface area contributed by atoms with Gasteiger partial charge in [0.25, 0.3) is 0 Å². The summed E-state index contributed by atoms with van der Waals surface area (Å²) >= 11 is 0. The molecule has 4 heteroatoms. The van der Waals surface area contributed by atoms with Crippen LogP contribution in [0.3, 0.4) is 0 Å². The highest BCUT2D eigenvalue weighted by molar-refractivity contribution is 5.53. The van der Waals surface area contributed by atoms with Crippen molar-refractivity contribution in [2.24, 2.45) is 0 Å². The summed E-state index contributed by atoms with van der Waals surface area (Å²) in [6, 6.07) is 4.20. The number of fused-ring (bicyclic) bond motifs is 1. The van der Waals surface area contributed by atoms with Gasteiger partial charge in [0.2, 0.25) is 0 Å². The van der Waals surface area contributed by atoms with Crippen LogP contribution in [-0.2, 0) is 0 Å². The minimum Gasteiger partial charge on any atom is -0.493 e. The Morgan fingerprint density at radius 1 is 1.32 bits per heavy atom. The van der Waals surface area contributed by atoms with E-state index in [2.05, 4.69) is 19.2 Å². The highest BCUT2D eigenvalue weighted by atomic mass is 16.5. The van der Waals surface area contributed by atoms with Gasteiger partial charge in [0, 0.05) is 24.1 Å². The predicted octanol–water partition coefficient (Wildman–Crippen LogP) is 2.92. The molecule has 0 fully saturated rings. The van der Waals surface area contributed by atoms with Crippen molar-refractivity contribution < 1.29 is 14.2 Å². The van der Waals surface area contributed by atoms with Gasteiger partial charge in [-0.15, -0.1) is 0 Å². The van der Waals surface area contributed by atoms with E-state index < -0.39 is 0 Å². The lowest BCUT2D eigenvalue weighted by atomic mass is 9.86. The minimum atomic E-state index is -0.139. The van der Waals surface area contributed by atoms with E-state index in [-0.39, 0.29) is 11.6 Å². The molecule has 1 heterocycles. The molecule has 0 amide bonds. The molecule has 0 saturated carbocycles. The fraction of sp³-hybridized carbons (Fsp3) is 0.600. The van der Waals surface area contributed by atoms with E-state index in [0.717, 1.165) is 29.9 Å². The molecule has 1 aromatic rings. The summed E-state index contributed by atoms with van der Waals surface area (Å²) in [5.41, 5.74) is 0.992. The van der Waals surface area contributed by atoms with E-state index >= 15 is 0 Å². The molecule has 1 aliphatic rings. The molecule has 106 valence electrons. The van der Waals surface area contributed by atoms with E-state index in [1.54, 1.807) is 14.2 Å². The molecule has 2 unspecified atom stereocenters. The van der Waals surface area contributed by atoms with Gasteiger partial charge in [0.05, 0.1) is 14.2 Å². The first-order valence-electron chi connectivity index (χ1n) is 6.69.